The number of nitrogens with zero attached hydrogens (tertiary/aromatic N) is 3. The smallest absolute Gasteiger partial charge is 0.286 e. The van der Waals surface area contributed by atoms with Crippen LogP contribution in [0.4, 0.5) is 11.4 Å². The number of hydrogen-bond donors (Lipinski definition) is 2. The van der Waals surface area contributed by atoms with Gasteiger partial charge in [-0.1, -0.05) is 26.0 Å². The van der Waals surface area contributed by atoms with Gasteiger partial charge in [0.05, 0.1) is 11.4 Å². The molecule has 2 aliphatic rings. The molecule has 0 saturated carbocycles. The van der Waals surface area contributed by atoms with Crippen molar-refractivity contribution in [2.75, 3.05) is 16.9 Å². The number of carbonyl (C=O) groups excluding carboxylic acids is 2. The lowest BCUT2D eigenvalue weighted by Gasteiger charge is -2.35. The third kappa shape index (κ3) is 4.87. The summed E-state index contributed by atoms with van der Waals surface area (Å²) < 4.78 is 36.6. The van der Waals surface area contributed by atoms with E-state index in [2.05, 4.69) is 36.1 Å². The number of amides is 1. The summed E-state index contributed by atoms with van der Waals surface area (Å²) in [5.74, 6) is -2.13. The second-order valence-electron chi connectivity index (χ2n) is 8.90. The van der Waals surface area contributed by atoms with E-state index in [1.165, 1.54) is 17.1 Å². The number of pyridine rings is 1. The van der Waals surface area contributed by atoms with Crippen LogP contribution in [0.5, 0.6) is 11.6 Å². The van der Waals surface area contributed by atoms with Crippen LogP contribution in [0.15, 0.2) is 74.6 Å². The topological polar surface area (TPSA) is 130 Å². The molecule has 37 heavy (non-hydrogen) atoms. The van der Waals surface area contributed by atoms with E-state index in [-0.39, 0.29) is 34.0 Å². The number of ketones is 1. The van der Waals surface area contributed by atoms with Gasteiger partial charge in [0, 0.05) is 34.9 Å². The van der Waals surface area contributed by atoms with Crippen molar-refractivity contribution < 1.29 is 22.7 Å². The molecular formula is C25H22BrN5O5S. The number of Topliss-reactive ketones (excluding diaryl/α,β-unsaturated/α-hetero) is 1. The number of carbonyl (C=O) groups is 2. The van der Waals surface area contributed by atoms with Crippen molar-refractivity contribution in [2.24, 2.45) is 16.2 Å². The first kappa shape index (κ1) is 25.1. The number of anilines is 2. The SMILES string of the molecule is CC(C)CNN1C(=O)C(C2=NS(=O)(=O)c3cc(Oc4ccc(Br)cn4)ccc3N2)C(=O)c2ccccc21. The van der Waals surface area contributed by atoms with Gasteiger partial charge in [-0.15, -0.1) is 4.40 Å². The van der Waals surface area contributed by atoms with Crippen molar-refractivity contribution in [1.82, 2.24) is 10.4 Å². The zero-order valence-electron chi connectivity index (χ0n) is 19.8. The lowest BCUT2D eigenvalue weighted by atomic mass is 9.90. The van der Waals surface area contributed by atoms with Gasteiger partial charge in [-0.2, -0.15) is 8.42 Å². The number of rotatable bonds is 6. The molecule has 0 bridgehead atoms. The Hall–Kier alpha value is -3.61. The van der Waals surface area contributed by atoms with Gasteiger partial charge < -0.3 is 10.1 Å². The monoisotopic (exact) mass is 583 g/mol. The molecule has 1 amide bonds. The highest BCUT2D eigenvalue weighted by atomic mass is 79.9. The number of sulfonamides is 1. The second-order valence-corrected chi connectivity index (χ2v) is 11.4. The fraction of sp³-hybridized carbons (Fsp3) is 0.200. The van der Waals surface area contributed by atoms with Gasteiger partial charge in [0.1, 0.15) is 16.5 Å². The quantitative estimate of drug-likeness (QED) is 0.414. The minimum Gasteiger partial charge on any atom is -0.439 e. The average molecular weight is 584 g/mol. The van der Waals surface area contributed by atoms with Crippen LogP contribution in [-0.2, 0) is 14.8 Å². The van der Waals surface area contributed by atoms with Gasteiger partial charge in [-0.25, -0.2) is 15.4 Å². The summed E-state index contributed by atoms with van der Waals surface area (Å²) in [6.45, 7) is 4.44. The fourth-order valence-electron chi connectivity index (χ4n) is 3.96. The molecule has 0 fully saturated rings. The van der Waals surface area contributed by atoms with Gasteiger partial charge in [0.25, 0.3) is 15.9 Å². The Morgan fingerprint density at radius 2 is 1.92 bits per heavy atom. The molecule has 1 atom stereocenters. The zero-order chi connectivity index (χ0) is 26.3. The summed E-state index contributed by atoms with van der Waals surface area (Å²) >= 11 is 3.29. The third-order valence-corrected chi connectivity index (χ3v) is 7.51. The molecule has 0 saturated heterocycles. The molecule has 3 heterocycles. The summed E-state index contributed by atoms with van der Waals surface area (Å²) in [5.41, 5.74) is 3.95. The van der Waals surface area contributed by atoms with Crippen molar-refractivity contribution in [3.63, 3.8) is 0 Å². The first-order valence-corrected chi connectivity index (χ1v) is 13.6. The number of aromatic nitrogens is 1. The predicted molar refractivity (Wildman–Crippen MR) is 141 cm³/mol. The number of fused-ring (bicyclic) bond motifs is 2. The summed E-state index contributed by atoms with van der Waals surface area (Å²) in [6.07, 6.45) is 1.55. The molecule has 1 unspecified atom stereocenters. The number of ether oxygens (including phenoxy) is 1. The Balaban J connectivity index is 1.48. The van der Waals surface area contributed by atoms with Crippen LogP contribution in [0.3, 0.4) is 0 Å². The lowest BCUT2D eigenvalue weighted by molar-refractivity contribution is -0.120. The first-order valence-electron chi connectivity index (χ1n) is 11.4. The Morgan fingerprint density at radius 1 is 1.14 bits per heavy atom. The molecule has 2 N–H and O–H groups in total. The highest BCUT2D eigenvalue weighted by Gasteiger charge is 2.45. The van der Waals surface area contributed by atoms with E-state index < -0.39 is 27.6 Å². The van der Waals surface area contributed by atoms with Gasteiger partial charge in [0.15, 0.2) is 11.7 Å². The standard InChI is InChI=1S/C25H22BrN5O5S/c1-14(2)12-28-31-19-6-4-3-5-17(19)23(32)22(25(31)33)24-29-18-9-8-16(11-20(18)37(34,35)30-24)36-21-10-7-15(26)13-27-21/h3-11,13-14,22,28H,12H2,1-2H3,(H,29,30). The predicted octanol–water partition coefficient (Wildman–Crippen LogP) is 4.16. The first-order chi connectivity index (χ1) is 17.6. The van der Waals surface area contributed by atoms with Gasteiger partial charge >= 0.3 is 0 Å². The Bertz CT molecular complexity index is 1540. The minimum absolute atomic E-state index is 0.142. The minimum atomic E-state index is -4.26. The van der Waals surface area contributed by atoms with Crippen LogP contribution in [0.25, 0.3) is 0 Å². The number of para-hydroxylation sites is 1. The van der Waals surface area contributed by atoms with Crippen LogP contribution < -0.4 is 20.5 Å². The molecule has 2 aliphatic heterocycles. The molecule has 0 radical (unpaired) electrons. The van der Waals surface area contributed by atoms with Gasteiger partial charge in [-0.05, 0) is 52.2 Å². The molecule has 0 aliphatic carbocycles. The van der Waals surface area contributed by atoms with Crippen molar-refractivity contribution in [2.45, 2.75) is 18.7 Å². The maximum atomic E-state index is 13.5. The molecular weight excluding hydrogens is 562 g/mol. The molecule has 10 nitrogen and oxygen atoms in total. The Kier molecular flexibility index (Phi) is 6.56. The van der Waals surface area contributed by atoms with Crippen molar-refractivity contribution in [3.05, 3.63) is 70.8 Å². The summed E-state index contributed by atoms with van der Waals surface area (Å²) in [6, 6.07) is 14.4. The van der Waals surface area contributed by atoms with E-state index in [1.807, 2.05) is 13.8 Å². The van der Waals surface area contributed by atoms with Gasteiger partial charge in [0.2, 0.25) is 5.88 Å². The van der Waals surface area contributed by atoms with Gasteiger partial charge in [-0.3, -0.25) is 9.59 Å². The molecule has 1 aromatic heterocycles. The maximum Gasteiger partial charge on any atom is 0.286 e. The van der Waals surface area contributed by atoms with Crippen LogP contribution >= 0.6 is 15.9 Å². The summed E-state index contributed by atoms with van der Waals surface area (Å²) in [5, 5.41) is 4.20. The lowest BCUT2D eigenvalue weighted by Crippen LogP contribution is -2.55. The number of benzene rings is 2. The largest absolute Gasteiger partial charge is 0.439 e. The van der Waals surface area contributed by atoms with Crippen molar-refractivity contribution in [3.8, 4) is 11.6 Å². The van der Waals surface area contributed by atoms with Crippen LogP contribution in [0, 0.1) is 11.8 Å². The zero-order valence-corrected chi connectivity index (χ0v) is 22.2. The Morgan fingerprint density at radius 3 is 2.65 bits per heavy atom. The number of hydrazine groups is 1. The van der Waals surface area contributed by atoms with E-state index in [0.29, 0.717) is 17.8 Å². The number of halogens is 1. The highest BCUT2D eigenvalue weighted by Crippen LogP contribution is 2.36. The molecule has 0 spiro atoms. The van der Waals surface area contributed by atoms with Crippen LogP contribution in [0.1, 0.15) is 24.2 Å². The average Bonchev–Trinajstić information content (AvgIpc) is 2.85. The highest BCUT2D eigenvalue weighted by molar-refractivity contribution is 9.10. The van der Waals surface area contributed by atoms with E-state index in [4.69, 9.17) is 4.74 Å². The van der Waals surface area contributed by atoms with Crippen LogP contribution in [0.2, 0.25) is 0 Å². The van der Waals surface area contributed by atoms with Crippen LogP contribution in [-0.4, -0.2) is 37.5 Å². The third-order valence-electron chi connectivity index (χ3n) is 5.71. The summed E-state index contributed by atoms with van der Waals surface area (Å²) in [7, 11) is -4.26. The van der Waals surface area contributed by atoms with Crippen molar-refractivity contribution >= 4 is 54.9 Å². The summed E-state index contributed by atoms with van der Waals surface area (Å²) in [4.78, 5) is 30.9. The van der Waals surface area contributed by atoms with E-state index in [1.54, 1.807) is 48.7 Å². The number of nitrogens with one attached hydrogen (secondary N) is 2. The van der Waals surface area contributed by atoms with E-state index in [0.717, 1.165) is 4.47 Å². The molecule has 5 rings (SSSR count). The number of amidine groups is 1. The normalized spacial score (nSPS) is 18.1. The Labute approximate surface area is 221 Å². The maximum absolute atomic E-state index is 13.5. The van der Waals surface area contributed by atoms with E-state index >= 15 is 0 Å². The molecule has 190 valence electrons. The molecule has 3 aromatic rings. The second kappa shape index (κ2) is 9.69. The molecule has 2 aromatic carbocycles. The van der Waals surface area contributed by atoms with E-state index in [9.17, 15) is 18.0 Å². The fourth-order valence-corrected chi connectivity index (χ4v) is 5.37. The van der Waals surface area contributed by atoms with Crippen molar-refractivity contribution in [1.29, 1.82) is 0 Å². The molecule has 12 heteroatoms. The number of hydrogen-bond acceptors (Lipinski definition) is 8.